The van der Waals surface area contributed by atoms with Crippen molar-refractivity contribution in [1.29, 1.82) is 0 Å². The Labute approximate surface area is 139 Å². The normalized spacial score (nSPS) is 10.0. The number of esters is 1. The van der Waals surface area contributed by atoms with E-state index >= 15 is 0 Å². The third-order valence-electron chi connectivity index (χ3n) is 3.05. The number of ether oxygens (including phenoxy) is 2. The monoisotopic (exact) mass is 333 g/mol. The molecule has 0 saturated carbocycles. The topological polar surface area (TPSA) is 64.6 Å². The van der Waals surface area contributed by atoms with Crippen LogP contribution in [0.15, 0.2) is 42.5 Å². The molecule has 0 radical (unpaired) electrons. The molecule has 0 aliphatic carbocycles. The van der Waals surface area contributed by atoms with Crippen molar-refractivity contribution in [3.05, 3.63) is 58.6 Å². The highest BCUT2D eigenvalue weighted by atomic mass is 35.5. The number of carbonyl (C=O) groups is 2. The van der Waals surface area contributed by atoms with Crippen molar-refractivity contribution in [1.82, 2.24) is 0 Å². The van der Waals surface area contributed by atoms with E-state index in [4.69, 9.17) is 21.1 Å². The van der Waals surface area contributed by atoms with Crippen LogP contribution in [0, 0.1) is 0 Å². The molecule has 1 N–H and O–H groups in total. The van der Waals surface area contributed by atoms with Crippen molar-refractivity contribution in [2.24, 2.45) is 0 Å². The van der Waals surface area contributed by atoms with Gasteiger partial charge in [0.2, 0.25) is 0 Å². The highest BCUT2D eigenvalue weighted by Gasteiger charge is 2.11. The number of halogens is 1. The summed E-state index contributed by atoms with van der Waals surface area (Å²) in [6.07, 6.45) is 0. The predicted octanol–water partition coefficient (Wildman–Crippen LogP) is 3.78. The molecule has 0 unspecified atom stereocenters. The Kier molecular flexibility index (Phi) is 5.60. The van der Waals surface area contributed by atoms with E-state index in [9.17, 15) is 9.59 Å². The quantitative estimate of drug-likeness (QED) is 0.846. The summed E-state index contributed by atoms with van der Waals surface area (Å²) in [5.74, 6) is -0.279. The van der Waals surface area contributed by atoms with Gasteiger partial charge in [-0.2, -0.15) is 0 Å². The van der Waals surface area contributed by atoms with Crippen LogP contribution in [0.5, 0.6) is 5.75 Å². The standard InChI is InChI=1S/C17H16ClNO4/c1-3-23-17(21)12-5-4-6-13(9-12)19-16(20)11-7-8-15(22-2)14(18)10-11/h4-10H,3H2,1-2H3,(H,19,20). The first-order chi connectivity index (χ1) is 11.0. The molecule has 1 amide bonds. The van der Waals surface area contributed by atoms with E-state index in [1.807, 2.05) is 0 Å². The highest BCUT2D eigenvalue weighted by molar-refractivity contribution is 6.32. The lowest BCUT2D eigenvalue weighted by Gasteiger charge is -2.09. The number of rotatable bonds is 5. The molecule has 2 aromatic rings. The van der Waals surface area contributed by atoms with Crippen LogP contribution in [0.3, 0.4) is 0 Å². The fourth-order valence-corrected chi connectivity index (χ4v) is 2.21. The van der Waals surface area contributed by atoms with Crippen LogP contribution in [-0.4, -0.2) is 25.6 Å². The first-order valence-corrected chi connectivity index (χ1v) is 7.35. The summed E-state index contributed by atoms with van der Waals surface area (Å²) in [5, 5.41) is 3.06. The first-order valence-electron chi connectivity index (χ1n) is 6.97. The van der Waals surface area contributed by atoms with Crippen molar-refractivity contribution >= 4 is 29.2 Å². The maximum Gasteiger partial charge on any atom is 0.338 e. The minimum Gasteiger partial charge on any atom is -0.495 e. The largest absolute Gasteiger partial charge is 0.495 e. The maximum atomic E-state index is 12.2. The van der Waals surface area contributed by atoms with Gasteiger partial charge in [0.15, 0.2) is 0 Å². The summed E-state index contributed by atoms with van der Waals surface area (Å²) < 4.78 is 9.98. The van der Waals surface area contributed by atoms with Gasteiger partial charge in [-0.15, -0.1) is 0 Å². The molecule has 0 fully saturated rings. The van der Waals surface area contributed by atoms with E-state index in [1.54, 1.807) is 43.3 Å². The van der Waals surface area contributed by atoms with Crippen LogP contribution in [0.1, 0.15) is 27.6 Å². The lowest BCUT2D eigenvalue weighted by Crippen LogP contribution is -2.13. The molecule has 0 aromatic heterocycles. The summed E-state index contributed by atoms with van der Waals surface area (Å²) >= 11 is 6.01. The first kappa shape index (κ1) is 16.8. The fourth-order valence-electron chi connectivity index (χ4n) is 1.95. The summed E-state index contributed by atoms with van der Waals surface area (Å²) in [6, 6.07) is 11.3. The number of hydrogen-bond acceptors (Lipinski definition) is 4. The average molecular weight is 334 g/mol. The summed E-state index contributed by atoms with van der Waals surface area (Å²) in [7, 11) is 1.50. The number of amides is 1. The van der Waals surface area contributed by atoms with Gasteiger partial charge in [0.25, 0.3) is 5.91 Å². The minimum absolute atomic E-state index is 0.291. The second-order valence-corrected chi connectivity index (χ2v) is 5.01. The van der Waals surface area contributed by atoms with Gasteiger partial charge in [0.1, 0.15) is 5.75 Å². The molecule has 0 spiro atoms. The third kappa shape index (κ3) is 4.23. The number of hydrogen-bond donors (Lipinski definition) is 1. The smallest absolute Gasteiger partial charge is 0.338 e. The van der Waals surface area contributed by atoms with Crippen molar-refractivity contribution in [2.45, 2.75) is 6.92 Å². The van der Waals surface area contributed by atoms with Crippen molar-refractivity contribution in [3.63, 3.8) is 0 Å². The number of carbonyl (C=O) groups excluding carboxylic acids is 2. The zero-order valence-corrected chi connectivity index (χ0v) is 13.5. The van der Waals surface area contributed by atoms with E-state index in [0.717, 1.165) is 0 Å². The molecule has 23 heavy (non-hydrogen) atoms. The van der Waals surface area contributed by atoms with E-state index in [1.165, 1.54) is 13.2 Å². The summed E-state index contributed by atoms with van der Waals surface area (Å²) in [4.78, 5) is 23.9. The SMILES string of the molecule is CCOC(=O)c1cccc(NC(=O)c2ccc(OC)c(Cl)c2)c1. The average Bonchev–Trinajstić information content (AvgIpc) is 2.55. The van der Waals surface area contributed by atoms with E-state index in [2.05, 4.69) is 5.32 Å². The van der Waals surface area contributed by atoms with Crippen LogP contribution >= 0.6 is 11.6 Å². The molecule has 0 aliphatic heterocycles. The lowest BCUT2D eigenvalue weighted by molar-refractivity contribution is 0.0526. The molecular weight excluding hydrogens is 318 g/mol. The Morgan fingerprint density at radius 2 is 1.91 bits per heavy atom. The zero-order valence-electron chi connectivity index (χ0n) is 12.8. The minimum atomic E-state index is -0.434. The molecule has 0 saturated heterocycles. The van der Waals surface area contributed by atoms with E-state index < -0.39 is 5.97 Å². The van der Waals surface area contributed by atoms with Crippen LogP contribution in [-0.2, 0) is 4.74 Å². The second kappa shape index (κ2) is 7.65. The molecule has 5 nitrogen and oxygen atoms in total. The van der Waals surface area contributed by atoms with Crippen molar-refractivity contribution in [3.8, 4) is 5.75 Å². The Morgan fingerprint density at radius 3 is 2.57 bits per heavy atom. The van der Waals surface area contributed by atoms with Gasteiger partial charge in [-0.3, -0.25) is 4.79 Å². The maximum absolute atomic E-state index is 12.2. The van der Waals surface area contributed by atoms with Gasteiger partial charge in [0, 0.05) is 11.3 Å². The van der Waals surface area contributed by atoms with Crippen LogP contribution < -0.4 is 10.1 Å². The van der Waals surface area contributed by atoms with Gasteiger partial charge in [-0.1, -0.05) is 17.7 Å². The second-order valence-electron chi connectivity index (χ2n) is 4.60. The number of benzene rings is 2. The molecule has 2 aromatic carbocycles. The van der Waals surface area contributed by atoms with Crippen LogP contribution in [0.4, 0.5) is 5.69 Å². The summed E-state index contributed by atoms with van der Waals surface area (Å²) in [6.45, 7) is 2.02. The molecule has 0 aliphatic rings. The Balaban J connectivity index is 2.15. The highest BCUT2D eigenvalue weighted by Crippen LogP contribution is 2.25. The number of anilines is 1. The van der Waals surface area contributed by atoms with Gasteiger partial charge >= 0.3 is 5.97 Å². The van der Waals surface area contributed by atoms with Crippen LogP contribution in [0.25, 0.3) is 0 Å². The number of nitrogens with one attached hydrogen (secondary N) is 1. The molecular formula is C17H16ClNO4. The zero-order chi connectivity index (χ0) is 16.8. The van der Waals surface area contributed by atoms with Crippen molar-refractivity contribution in [2.75, 3.05) is 19.0 Å². The Hall–Kier alpha value is -2.53. The number of methoxy groups -OCH3 is 1. The fraction of sp³-hybridized carbons (Fsp3) is 0.176. The Bertz CT molecular complexity index is 730. The third-order valence-corrected chi connectivity index (χ3v) is 3.34. The summed E-state index contributed by atoms with van der Waals surface area (Å²) in [5.41, 5.74) is 1.25. The molecule has 0 heterocycles. The molecule has 0 bridgehead atoms. The van der Waals surface area contributed by atoms with E-state index in [-0.39, 0.29) is 5.91 Å². The lowest BCUT2D eigenvalue weighted by atomic mass is 10.1. The Morgan fingerprint density at radius 1 is 1.13 bits per heavy atom. The van der Waals surface area contributed by atoms with Gasteiger partial charge in [-0.05, 0) is 43.3 Å². The van der Waals surface area contributed by atoms with Gasteiger partial charge < -0.3 is 14.8 Å². The van der Waals surface area contributed by atoms with Gasteiger partial charge in [-0.25, -0.2) is 4.79 Å². The molecule has 120 valence electrons. The molecule has 0 atom stereocenters. The van der Waals surface area contributed by atoms with Gasteiger partial charge in [0.05, 0.1) is 24.3 Å². The van der Waals surface area contributed by atoms with Crippen LogP contribution in [0.2, 0.25) is 5.02 Å². The van der Waals surface area contributed by atoms with Crippen molar-refractivity contribution < 1.29 is 19.1 Å². The molecule has 6 heteroatoms. The molecule has 2 rings (SSSR count). The van der Waals surface area contributed by atoms with E-state index in [0.29, 0.717) is 34.2 Å². The predicted molar refractivity (Wildman–Crippen MR) is 88.4 cm³/mol.